The van der Waals surface area contributed by atoms with Gasteiger partial charge < -0.3 is 9.88 Å². The number of fused-ring (bicyclic) bond motifs is 1. The second kappa shape index (κ2) is 6.98. The van der Waals surface area contributed by atoms with E-state index in [0.29, 0.717) is 13.0 Å². The molecule has 8 heteroatoms. The second-order valence-corrected chi connectivity index (χ2v) is 8.91. The highest BCUT2D eigenvalue weighted by Gasteiger charge is 2.28. The van der Waals surface area contributed by atoms with Crippen LogP contribution < -0.4 is 5.32 Å². The summed E-state index contributed by atoms with van der Waals surface area (Å²) >= 11 is 1.35. The predicted octanol–water partition coefficient (Wildman–Crippen LogP) is 1.62. The van der Waals surface area contributed by atoms with E-state index < -0.39 is 9.84 Å². The first kappa shape index (κ1) is 17.0. The standard InChI is InChI=1S/C16H19N3O3S2/c1-2-8-19-14-6-4-3-5-13(14)18-16(19)23-10-15(20)17-12-7-9-24(21,22)11-12/h2-6,12H,1,7-11H2,(H,17,20)/t12-/m0/s1. The summed E-state index contributed by atoms with van der Waals surface area (Å²) in [5, 5.41) is 3.55. The summed E-state index contributed by atoms with van der Waals surface area (Å²) in [6, 6.07) is 7.53. The molecule has 1 aliphatic heterocycles. The van der Waals surface area contributed by atoms with Crippen LogP contribution in [0.1, 0.15) is 6.42 Å². The monoisotopic (exact) mass is 365 g/mol. The van der Waals surface area contributed by atoms with Gasteiger partial charge in [0.2, 0.25) is 5.91 Å². The minimum absolute atomic E-state index is 0.0401. The van der Waals surface area contributed by atoms with Gasteiger partial charge in [-0.05, 0) is 18.6 Å². The van der Waals surface area contributed by atoms with Crippen LogP contribution in [0.3, 0.4) is 0 Å². The Bertz CT molecular complexity index is 874. The van der Waals surface area contributed by atoms with Gasteiger partial charge in [-0.15, -0.1) is 6.58 Å². The maximum absolute atomic E-state index is 12.1. The molecule has 1 atom stereocenters. The van der Waals surface area contributed by atoms with Crippen molar-refractivity contribution in [3.05, 3.63) is 36.9 Å². The highest BCUT2D eigenvalue weighted by atomic mass is 32.2. The summed E-state index contributed by atoms with van der Waals surface area (Å²) in [7, 11) is -2.99. The zero-order valence-corrected chi connectivity index (χ0v) is 14.8. The highest BCUT2D eigenvalue weighted by Crippen LogP contribution is 2.24. The third kappa shape index (κ3) is 3.81. The van der Waals surface area contributed by atoms with Crippen molar-refractivity contribution in [3.8, 4) is 0 Å². The number of carbonyl (C=O) groups is 1. The number of thioether (sulfide) groups is 1. The van der Waals surface area contributed by atoms with E-state index in [1.807, 2.05) is 28.8 Å². The lowest BCUT2D eigenvalue weighted by atomic mass is 10.3. The van der Waals surface area contributed by atoms with Crippen molar-refractivity contribution in [2.75, 3.05) is 17.3 Å². The molecular weight excluding hydrogens is 346 g/mol. The first-order valence-electron chi connectivity index (χ1n) is 7.67. The van der Waals surface area contributed by atoms with E-state index in [-0.39, 0.29) is 29.2 Å². The molecule has 1 saturated heterocycles. The summed E-state index contributed by atoms with van der Waals surface area (Å²) < 4.78 is 24.9. The van der Waals surface area contributed by atoms with E-state index in [4.69, 9.17) is 0 Å². The number of amides is 1. The zero-order valence-electron chi connectivity index (χ0n) is 13.1. The third-order valence-corrected chi connectivity index (χ3v) is 6.61. The van der Waals surface area contributed by atoms with E-state index in [2.05, 4.69) is 16.9 Å². The fraction of sp³-hybridized carbons (Fsp3) is 0.375. The van der Waals surface area contributed by atoms with Crippen molar-refractivity contribution in [1.82, 2.24) is 14.9 Å². The summed E-state index contributed by atoms with van der Waals surface area (Å²) in [6.45, 7) is 4.38. The van der Waals surface area contributed by atoms with Gasteiger partial charge in [-0.25, -0.2) is 13.4 Å². The molecule has 0 spiro atoms. The number of hydrogen-bond acceptors (Lipinski definition) is 5. The van der Waals surface area contributed by atoms with Crippen molar-refractivity contribution in [3.63, 3.8) is 0 Å². The molecule has 0 unspecified atom stereocenters. The molecule has 3 rings (SSSR count). The largest absolute Gasteiger partial charge is 0.352 e. The van der Waals surface area contributed by atoms with Gasteiger partial charge in [0.15, 0.2) is 15.0 Å². The number of benzene rings is 1. The molecule has 2 heterocycles. The van der Waals surface area contributed by atoms with E-state index >= 15 is 0 Å². The number of imidazole rings is 1. The molecule has 0 bridgehead atoms. The third-order valence-electron chi connectivity index (χ3n) is 3.86. The topological polar surface area (TPSA) is 81.1 Å². The summed E-state index contributed by atoms with van der Waals surface area (Å²) in [6.07, 6.45) is 2.29. The predicted molar refractivity (Wildman–Crippen MR) is 95.9 cm³/mol. The molecule has 1 amide bonds. The summed E-state index contributed by atoms with van der Waals surface area (Å²) in [4.78, 5) is 16.6. The maximum Gasteiger partial charge on any atom is 0.230 e. The van der Waals surface area contributed by atoms with E-state index in [9.17, 15) is 13.2 Å². The smallest absolute Gasteiger partial charge is 0.230 e. The quantitative estimate of drug-likeness (QED) is 0.621. The van der Waals surface area contributed by atoms with Crippen LogP contribution in [-0.2, 0) is 21.2 Å². The van der Waals surface area contributed by atoms with Gasteiger partial charge in [0.05, 0.1) is 28.3 Å². The van der Waals surface area contributed by atoms with Crippen LogP contribution in [0.2, 0.25) is 0 Å². The molecule has 1 aromatic heterocycles. The van der Waals surface area contributed by atoms with Gasteiger partial charge in [0, 0.05) is 12.6 Å². The number of nitrogens with one attached hydrogen (secondary N) is 1. The van der Waals surface area contributed by atoms with Gasteiger partial charge in [-0.1, -0.05) is 30.0 Å². The molecule has 2 aromatic rings. The van der Waals surface area contributed by atoms with Gasteiger partial charge in [-0.3, -0.25) is 4.79 Å². The number of hydrogen-bond donors (Lipinski definition) is 1. The van der Waals surface area contributed by atoms with Crippen molar-refractivity contribution in [2.24, 2.45) is 0 Å². The SMILES string of the molecule is C=CCn1c(SCC(=O)N[C@H]2CCS(=O)(=O)C2)nc2ccccc21. The lowest BCUT2D eigenvalue weighted by Crippen LogP contribution is -2.36. The molecule has 0 saturated carbocycles. The van der Waals surface area contributed by atoms with Crippen LogP contribution in [-0.4, -0.2) is 47.2 Å². The Morgan fingerprint density at radius 1 is 1.46 bits per heavy atom. The molecule has 1 N–H and O–H groups in total. The number of nitrogens with zero attached hydrogens (tertiary/aromatic N) is 2. The molecule has 1 aliphatic rings. The van der Waals surface area contributed by atoms with E-state index in [0.717, 1.165) is 16.2 Å². The van der Waals surface area contributed by atoms with Gasteiger partial charge in [0.25, 0.3) is 0 Å². The average molecular weight is 365 g/mol. The van der Waals surface area contributed by atoms with Gasteiger partial charge >= 0.3 is 0 Å². The Balaban J connectivity index is 1.66. The van der Waals surface area contributed by atoms with Crippen LogP contribution in [0.5, 0.6) is 0 Å². The molecular formula is C16H19N3O3S2. The minimum atomic E-state index is -2.99. The molecule has 0 aliphatic carbocycles. The first-order valence-corrected chi connectivity index (χ1v) is 10.5. The molecule has 24 heavy (non-hydrogen) atoms. The van der Waals surface area contributed by atoms with Crippen molar-refractivity contribution < 1.29 is 13.2 Å². The number of carbonyl (C=O) groups excluding carboxylic acids is 1. The van der Waals surface area contributed by atoms with Crippen molar-refractivity contribution in [1.29, 1.82) is 0 Å². The number of sulfone groups is 1. The minimum Gasteiger partial charge on any atom is -0.352 e. The van der Waals surface area contributed by atoms with E-state index in [1.165, 1.54) is 11.8 Å². The van der Waals surface area contributed by atoms with Crippen molar-refractivity contribution in [2.45, 2.75) is 24.2 Å². The van der Waals surface area contributed by atoms with Crippen LogP contribution in [0.25, 0.3) is 11.0 Å². The molecule has 0 radical (unpaired) electrons. The number of rotatable bonds is 6. The van der Waals surface area contributed by atoms with Crippen molar-refractivity contribution >= 4 is 38.5 Å². The van der Waals surface area contributed by atoms with E-state index in [1.54, 1.807) is 6.08 Å². The van der Waals surface area contributed by atoms with Crippen LogP contribution >= 0.6 is 11.8 Å². The van der Waals surface area contributed by atoms with Crippen LogP contribution in [0, 0.1) is 0 Å². The fourth-order valence-corrected chi connectivity index (χ4v) is 5.29. The Morgan fingerprint density at radius 3 is 2.96 bits per heavy atom. The molecule has 128 valence electrons. The highest BCUT2D eigenvalue weighted by molar-refractivity contribution is 7.99. The Morgan fingerprint density at radius 2 is 2.25 bits per heavy atom. The second-order valence-electron chi connectivity index (χ2n) is 5.74. The summed E-state index contributed by atoms with van der Waals surface area (Å²) in [5.74, 6) is 0.231. The Hall–Kier alpha value is -1.80. The van der Waals surface area contributed by atoms with Crippen LogP contribution in [0.15, 0.2) is 42.1 Å². The molecule has 1 fully saturated rings. The van der Waals surface area contributed by atoms with Gasteiger partial charge in [-0.2, -0.15) is 0 Å². The fourth-order valence-electron chi connectivity index (χ4n) is 2.78. The first-order chi connectivity index (χ1) is 11.5. The zero-order chi connectivity index (χ0) is 17.2. The maximum atomic E-state index is 12.1. The lowest BCUT2D eigenvalue weighted by Gasteiger charge is -2.10. The number of allylic oxidation sites excluding steroid dienone is 1. The normalized spacial score (nSPS) is 19.4. The Kier molecular flexibility index (Phi) is 4.96. The number of aromatic nitrogens is 2. The Labute approximate surface area is 145 Å². The van der Waals surface area contributed by atoms with Gasteiger partial charge in [0.1, 0.15) is 0 Å². The summed E-state index contributed by atoms with van der Waals surface area (Å²) in [5.41, 5.74) is 1.88. The average Bonchev–Trinajstić information content (AvgIpc) is 3.06. The van der Waals surface area contributed by atoms with Crippen LogP contribution in [0.4, 0.5) is 0 Å². The molecule has 1 aromatic carbocycles. The molecule has 6 nitrogen and oxygen atoms in total. The number of para-hydroxylation sites is 2. The lowest BCUT2D eigenvalue weighted by molar-refractivity contribution is -0.119.